The van der Waals surface area contributed by atoms with Gasteiger partial charge in [-0.05, 0) is 36.6 Å². The van der Waals surface area contributed by atoms with Gasteiger partial charge in [0.15, 0.2) is 0 Å². The predicted molar refractivity (Wildman–Crippen MR) is 95.8 cm³/mol. The molecule has 0 saturated heterocycles. The molecule has 1 N–H and O–H groups in total. The Balaban J connectivity index is 1.81. The lowest BCUT2D eigenvalue weighted by atomic mass is 10.1. The van der Waals surface area contributed by atoms with Crippen LogP contribution in [0.15, 0.2) is 53.4 Å². The Kier molecular flexibility index (Phi) is 4.92. The number of hydrogen-bond acceptors (Lipinski definition) is 5. The van der Waals surface area contributed by atoms with Crippen LogP contribution in [0.1, 0.15) is 15.9 Å². The Hall–Kier alpha value is -2.24. The summed E-state index contributed by atoms with van der Waals surface area (Å²) in [5, 5.41) is 10.9. The number of phenolic OH excluding ortho intramolecular Hbond substituents is 1. The van der Waals surface area contributed by atoms with Gasteiger partial charge in [0, 0.05) is 15.8 Å². The molecule has 122 valence electrons. The van der Waals surface area contributed by atoms with Gasteiger partial charge in [0.1, 0.15) is 23.1 Å². The molecule has 0 bridgehead atoms. The molecular weight excluding hydrogens is 346 g/mol. The number of nitrogens with zero attached hydrogens (tertiary/aromatic N) is 1. The first-order chi connectivity index (χ1) is 11.6. The summed E-state index contributed by atoms with van der Waals surface area (Å²) in [4.78, 5) is 17.5. The Morgan fingerprint density at radius 1 is 1.25 bits per heavy atom. The third kappa shape index (κ3) is 3.47. The first kappa shape index (κ1) is 16.6. The predicted octanol–water partition coefficient (Wildman–Crippen LogP) is 4.67. The fourth-order valence-electron chi connectivity index (χ4n) is 2.26. The number of rotatable bonds is 4. The van der Waals surface area contributed by atoms with Crippen LogP contribution in [0.5, 0.6) is 5.75 Å². The topological polar surface area (TPSA) is 59.4 Å². The van der Waals surface area contributed by atoms with E-state index in [1.807, 2.05) is 30.5 Å². The summed E-state index contributed by atoms with van der Waals surface area (Å²) in [7, 11) is 0. The lowest BCUT2D eigenvalue weighted by molar-refractivity contribution is 0.0469. The van der Waals surface area contributed by atoms with Crippen molar-refractivity contribution in [3.63, 3.8) is 0 Å². The summed E-state index contributed by atoms with van der Waals surface area (Å²) in [5.41, 5.74) is 1.53. The van der Waals surface area contributed by atoms with Gasteiger partial charge < -0.3 is 9.84 Å². The number of aromatic nitrogens is 1. The molecule has 0 radical (unpaired) electrons. The van der Waals surface area contributed by atoms with Crippen molar-refractivity contribution in [2.75, 3.05) is 6.26 Å². The van der Waals surface area contributed by atoms with E-state index in [0.29, 0.717) is 10.7 Å². The van der Waals surface area contributed by atoms with Crippen molar-refractivity contribution in [2.24, 2.45) is 0 Å². The SMILES string of the molecule is CSc1ccc2cc(COC(=O)c3ccccc3O)c(Cl)nc2c1. The van der Waals surface area contributed by atoms with Gasteiger partial charge in [0.2, 0.25) is 0 Å². The molecule has 0 fully saturated rings. The lowest BCUT2D eigenvalue weighted by Gasteiger charge is -2.09. The van der Waals surface area contributed by atoms with Gasteiger partial charge in [-0.1, -0.05) is 29.8 Å². The standard InChI is InChI=1S/C18H14ClNO3S/c1-24-13-7-6-11-8-12(17(19)20-15(11)9-13)10-23-18(22)14-4-2-3-5-16(14)21/h2-9,21H,10H2,1H3. The average molecular weight is 360 g/mol. The van der Waals surface area contributed by atoms with Gasteiger partial charge in [0.05, 0.1) is 5.52 Å². The van der Waals surface area contributed by atoms with Crippen molar-refractivity contribution in [3.05, 3.63) is 64.8 Å². The minimum Gasteiger partial charge on any atom is -0.507 e. The second-order valence-corrected chi connectivity index (χ2v) is 6.33. The van der Waals surface area contributed by atoms with E-state index >= 15 is 0 Å². The highest BCUT2D eigenvalue weighted by Gasteiger charge is 2.13. The molecule has 0 aliphatic rings. The number of halogens is 1. The van der Waals surface area contributed by atoms with Crippen LogP contribution in [0.25, 0.3) is 10.9 Å². The van der Waals surface area contributed by atoms with E-state index in [9.17, 15) is 9.90 Å². The highest BCUT2D eigenvalue weighted by Crippen LogP contribution is 2.26. The van der Waals surface area contributed by atoms with Gasteiger partial charge in [-0.2, -0.15) is 0 Å². The lowest BCUT2D eigenvalue weighted by Crippen LogP contribution is -2.06. The fraction of sp³-hybridized carbons (Fsp3) is 0.111. The number of fused-ring (bicyclic) bond motifs is 1. The summed E-state index contributed by atoms with van der Waals surface area (Å²) in [6.07, 6.45) is 2.00. The van der Waals surface area contributed by atoms with Gasteiger partial charge in [-0.25, -0.2) is 9.78 Å². The van der Waals surface area contributed by atoms with E-state index in [-0.39, 0.29) is 17.9 Å². The van der Waals surface area contributed by atoms with Gasteiger partial charge in [0.25, 0.3) is 0 Å². The van der Waals surface area contributed by atoms with Crippen LogP contribution in [0.3, 0.4) is 0 Å². The van der Waals surface area contributed by atoms with Gasteiger partial charge >= 0.3 is 5.97 Å². The largest absolute Gasteiger partial charge is 0.507 e. The molecular formula is C18H14ClNO3S. The molecule has 0 aliphatic carbocycles. The zero-order chi connectivity index (χ0) is 17.1. The number of aromatic hydroxyl groups is 1. The van der Waals surface area contributed by atoms with Crippen molar-refractivity contribution in [2.45, 2.75) is 11.5 Å². The van der Waals surface area contributed by atoms with Crippen molar-refractivity contribution in [1.82, 2.24) is 4.98 Å². The number of phenols is 1. The molecule has 0 unspecified atom stereocenters. The maximum absolute atomic E-state index is 12.0. The van der Waals surface area contributed by atoms with Gasteiger partial charge in [-0.15, -0.1) is 11.8 Å². The van der Waals surface area contributed by atoms with Crippen LogP contribution in [0.2, 0.25) is 5.15 Å². The molecule has 0 amide bonds. The maximum atomic E-state index is 12.0. The highest BCUT2D eigenvalue weighted by atomic mass is 35.5. The zero-order valence-corrected chi connectivity index (χ0v) is 14.4. The maximum Gasteiger partial charge on any atom is 0.342 e. The number of hydrogen-bond donors (Lipinski definition) is 1. The molecule has 3 rings (SSSR count). The number of benzene rings is 2. The molecule has 0 aliphatic heterocycles. The molecule has 6 heteroatoms. The summed E-state index contributed by atoms with van der Waals surface area (Å²) in [6.45, 7) is -0.0147. The molecule has 4 nitrogen and oxygen atoms in total. The Morgan fingerprint density at radius 2 is 2.04 bits per heavy atom. The normalized spacial score (nSPS) is 10.8. The van der Waals surface area contributed by atoms with Crippen molar-refractivity contribution in [1.29, 1.82) is 0 Å². The molecule has 0 atom stereocenters. The summed E-state index contributed by atoms with van der Waals surface area (Å²) in [5.74, 6) is -0.725. The number of carbonyl (C=O) groups is 1. The number of thioether (sulfide) groups is 1. The fourth-order valence-corrected chi connectivity index (χ4v) is 2.90. The van der Waals surface area contributed by atoms with Crippen LogP contribution < -0.4 is 0 Å². The monoisotopic (exact) mass is 359 g/mol. The van der Waals surface area contributed by atoms with Crippen LogP contribution in [0, 0.1) is 0 Å². The number of esters is 1. The summed E-state index contributed by atoms with van der Waals surface area (Å²) < 4.78 is 5.24. The molecule has 1 heterocycles. The van der Waals surface area contributed by atoms with Crippen LogP contribution >= 0.6 is 23.4 Å². The van der Waals surface area contributed by atoms with Crippen LogP contribution in [-0.4, -0.2) is 22.3 Å². The van der Waals surface area contributed by atoms with E-state index < -0.39 is 5.97 Å². The third-order valence-electron chi connectivity index (χ3n) is 3.53. The molecule has 2 aromatic carbocycles. The van der Waals surface area contributed by atoms with E-state index in [1.165, 1.54) is 12.1 Å². The smallest absolute Gasteiger partial charge is 0.342 e. The van der Waals surface area contributed by atoms with Crippen molar-refractivity contribution < 1.29 is 14.6 Å². The van der Waals surface area contributed by atoms with Crippen molar-refractivity contribution >= 4 is 40.2 Å². The summed E-state index contributed by atoms with van der Waals surface area (Å²) >= 11 is 7.83. The first-order valence-corrected chi connectivity index (χ1v) is 8.77. The molecule has 0 spiro atoms. The van der Waals surface area contributed by atoms with E-state index in [1.54, 1.807) is 23.9 Å². The second kappa shape index (κ2) is 7.11. The minimum absolute atomic E-state index is 0.0147. The Morgan fingerprint density at radius 3 is 2.79 bits per heavy atom. The first-order valence-electron chi connectivity index (χ1n) is 7.17. The molecule has 1 aromatic heterocycles. The van der Waals surface area contributed by atoms with Crippen LogP contribution in [-0.2, 0) is 11.3 Å². The number of pyridine rings is 1. The number of para-hydroxylation sites is 1. The molecule has 24 heavy (non-hydrogen) atoms. The molecule has 0 saturated carbocycles. The third-order valence-corrected chi connectivity index (χ3v) is 4.59. The second-order valence-electron chi connectivity index (χ2n) is 5.09. The van der Waals surface area contributed by atoms with E-state index in [2.05, 4.69) is 4.98 Å². The summed E-state index contributed by atoms with van der Waals surface area (Å²) in [6, 6.07) is 14.0. The average Bonchev–Trinajstić information content (AvgIpc) is 2.59. The Labute approximate surface area is 148 Å². The molecule has 3 aromatic rings. The Bertz CT molecular complexity index is 914. The van der Waals surface area contributed by atoms with E-state index in [0.717, 1.165) is 15.8 Å². The number of carbonyl (C=O) groups excluding carboxylic acids is 1. The minimum atomic E-state index is -0.609. The highest BCUT2D eigenvalue weighted by molar-refractivity contribution is 7.98. The van der Waals surface area contributed by atoms with Crippen molar-refractivity contribution in [3.8, 4) is 5.75 Å². The quantitative estimate of drug-likeness (QED) is 0.416. The number of ether oxygens (including phenoxy) is 1. The van der Waals surface area contributed by atoms with E-state index in [4.69, 9.17) is 16.3 Å². The zero-order valence-electron chi connectivity index (χ0n) is 12.8. The van der Waals surface area contributed by atoms with Gasteiger partial charge in [-0.3, -0.25) is 0 Å². The van der Waals surface area contributed by atoms with Crippen LogP contribution in [0.4, 0.5) is 0 Å².